The average molecular weight is 308 g/mol. The number of methoxy groups -OCH3 is 1. The number of hydrogen-bond donors (Lipinski definition) is 2. The van der Waals surface area contributed by atoms with Crippen molar-refractivity contribution in [2.24, 2.45) is 0 Å². The summed E-state index contributed by atoms with van der Waals surface area (Å²) in [5.41, 5.74) is 1.72. The van der Waals surface area contributed by atoms with Crippen LogP contribution in [0.2, 0.25) is 5.02 Å². The Hall–Kier alpha value is -1.85. The number of benzene rings is 1. The van der Waals surface area contributed by atoms with Gasteiger partial charge in [-0.15, -0.1) is 0 Å². The highest BCUT2D eigenvalue weighted by molar-refractivity contribution is 7.80. The number of rotatable bonds is 4. The molecule has 6 heteroatoms. The molecule has 0 aliphatic carbocycles. The zero-order chi connectivity index (χ0) is 14.4. The van der Waals surface area contributed by atoms with Crippen molar-refractivity contribution in [2.45, 2.75) is 6.54 Å². The van der Waals surface area contributed by atoms with Gasteiger partial charge >= 0.3 is 0 Å². The van der Waals surface area contributed by atoms with Gasteiger partial charge in [0.2, 0.25) is 0 Å². The zero-order valence-corrected chi connectivity index (χ0v) is 12.5. The number of aromatic nitrogens is 1. The van der Waals surface area contributed by atoms with Gasteiger partial charge < -0.3 is 15.4 Å². The van der Waals surface area contributed by atoms with Crippen molar-refractivity contribution in [2.75, 3.05) is 12.4 Å². The molecule has 1 aromatic carbocycles. The Morgan fingerprint density at radius 1 is 1.35 bits per heavy atom. The van der Waals surface area contributed by atoms with Crippen molar-refractivity contribution in [1.82, 2.24) is 10.3 Å². The van der Waals surface area contributed by atoms with Gasteiger partial charge in [0.1, 0.15) is 5.75 Å². The van der Waals surface area contributed by atoms with E-state index in [1.54, 1.807) is 25.4 Å². The molecule has 1 aromatic heterocycles. The molecule has 0 atom stereocenters. The van der Waals surface area contributed by atoms with E-state index in [9.17, 15) is 0 Å². The number of pyridine rings is 1. The van der Waals surface area contributed by atoms with Crippen LogP contribution in [0.25, 0.3) is 0 Å². The van der Waals surface area contributed by atoms with Gasteiger partial charge in [0.15, 0.2) is 5.11 Å². The lowest BCUT2D eigenvalue weighted by atomic mass is 10.3. The maximum Gasteiger partial charge on any atom is 0.171 e. The normalized spacial score (nSPS) is 9.90. The molecule has 20 heavy (non-hydrogen) atoms. The fourth-order valence-electron chi connectivity index (χ4n) is 1.59. The van der Waals surface area contributed by atoms with Crippen molar-refractivity contribution >= 4 is 34.6 Å². The van der Waals surface area contributed by atoms with Crippen LogP contribution < -0.4 is 15.4 Å². The van der Waals surface area contributed by atoms with Crippen LogP contribution in [0.1, 0.15) is 5.69 Å². The molecule has 2 aromatic rings. The van der Waals surface area contributed by atoms with Crippen molar-refractivity contribution in [3.05, 3.63) is 53.3 Å². The van der Waals surface area contributed by atoms with Crippen LogP contribution in [0.3, 0.4) is 0 Å². The summed E-state index contributed by atoms with van der Waals surface area (Å²) in [4.78, 5) is 4.21. The highest BCUT2D eigenvalue weighted by Gasteiger charge is 2.03. The van der Waals surface area contributed by atoms with E-state index in [0.717, 1.165) is 11.4 Å². The summed E-state index contributed by atoms with van der Waals surface area (Å²) < 4.78 is 5.09. The number of anilines is 1. The van der Waals surface area contributed by atoms with Crippen molar-refractivity contribution in [1.29, 1.82) is 0 Å². The van der Waals surface area contributed by atoms with Crippen LogP contribution in [-0.2, 0) is 6.54 Å². The molecule has 104 valence electrons. The van der Waals surface area contributed by atoms with Gasteiger partial charge in [-0.2, -0.15) is 0 Å². The minimum Gasteiger partial charge on any atom is -0.495 e. The number of nitrogens with one attached hydrogen (secondary N) is 2. The summed E-state index contributed by atoms with van der Waals surface area (Å²) in [6.45, 7) is 0.566. The molecule has 0 saturated heterocycles. The van der Waals surface area contributed by atoms with Gasteiger partial charge in [0.05, 0.1) is 24.4 Å². The molecule has 2 N–H and O–H groups in total. The van der Waals surface area contributed by atoms with E-state index >= 15 is 0 Å². The van der Waals surface area contributed by atoms with E-state index < -0.39 is 0 Å². The van der Waals surface area contributed by atoms with Crippen LogP contribution in [0.4, 0.5) is 5.69 Å². The van der Waals surface area contributed by atoms with Gasteiger partial charge in [0, 0.05) is 11.9 Å². The molecule has 4 nitrogen and oxygen atoms in total. The molecular weight excluding hydrogens is 294 g/mol. The predicted molar refractivity (Wildman–Crippen MR) is 85.3 cm³/mol. The number of halogens is 1. The molecular formula is C14H14ClN3OS. The Labute approximate surface area is 128 Å². The maximum atomic E-state index is 6.05. The van der Waals surface area contributed by atoms with E-state index in [0.29, 0.717) is 22.4 Å². The molecule has 0 fully saturated rings. The van der Waals surface area contributed by atoms with Crippen molar-refractivity contribution in [3.63, 3.8) is 0 Å². The summed E-state index contributed by atoms with van der Waals surface area (Å²) in [5.74, 6) is 0.629. The third-order valence-corrected chi connectivity index (χ3v) is 3.11. The monoisotopic (exact) mass is 307 g/mol. The van der Waals surface area contributed by atoms with Crippen LogP contribution >= 0.6 is 23.8 Å². The lowest BCUT2D eigenvalue weighted by Gasteiger charge is -2.11. The lowest BCUT2D eigenvalue weighted by Crippen LogP contribution is -2.28. The summed E-state index contributed by atoms with van der Waals surface area (Å²) in [7, 11) is 1.58. The first-order chi connectivity index (χ1) is 9.69. The Bertz CT molecular complexity index is 592. The molecule has 2 rings (SSSR count). The van der Waals surface area contributed by atoms with Crippen LogP contribution in [0.15, 0.2) is 42.6 Å². The van der Waals surface area contributed by atoms with Gasteiger partial charge in [-0.1, -0.05) is 17.7 Å². The number of hydrogen-bond acceptors (Lipinski definition) is 3. The number of thiocarbonyl (C=S) groups is 1. The summed E-state index contributed by atoms with van der Waals surface area (Å²) in [6.07, 6.45) is 1.75. The summed E-state index contributed by atoms with van der Waals surface area (Å²) >= 11 is 11.3. The largest absolute Gasteiger partial charge is 0.495 e. The topological polar surface area (TPSA) is 46.2 Å². The van der Waals surface area contributed by atoms with Crippen molar-refractivity contribution < 1.29 is 4.74 Å². The molecule has 0 saturated carbocycles. The second kappa shape index (κ2) is 7.07. The van der Waals surface area contributed by atoms with E-state index in [1.165, 1.54) is 0 Å². The summed E-state index contributed by atoms with van der Waals surface area (Å²) in [5, 5.41) is 7.18. The minimum absolute atomic E-state index is 0.511. The molecule has 0 aliphatic heterocycles. The molecule has 0 amide bonds. The third-order valence-electron chi connectivity index (χ3n) is 2.57. The van der Waals surface area contributed by atoms with Gasteiger partial charge in [-0.3, -0.25) is 4.98 Å². The lowest BCUT2D eigenvalue weighted by molar-refractivity contribution is 0.415. The van der Waals surface area contributed by atoms with Crippen molar-refractivity contribution in [3.8, 4) is 5.75 Å². The van der Waals surface area contributed by atoms with Gasteiger partial charge in [-0.25, -0.2) is 0 Å². The fraction of sp³-hybridized carbons (Fsp3) is 0.143. The Kier molecular flexibility index (Phi) is 5.15. The average Bonchev–Trinajstić information content (AvgIpc) is 2.46. The van der Waals surface area contributed by atoms with Crippen LogP contribution in [-0.4, -0.2) is 17.2 Å². The molecule has 0 bridgehead atoms. The second-order valence-corrected chi connectivity index (χ2v) is 4.79. The SMILES string of the molecule is COc1ccc(NC(=S)NCc2ccccn2)cc1Cl. The quantitative estimate of drug-likeness (QED) is 0.849. The van der Waals surface area contributed by atoms with Crippen LogP contribution in [0, 0.1) is 0 Å². The minimum atomic E-state index is 0.511. The Morgan fingerprint density at radius 2 is 2.20 bits per heavy atom. The second-order valence-electron chi connectivity index (χ2n) is 3.98. The number of nitrogens with zero attached hydrogens (tertiary/aromatic N) is 1. The molecule has 1 heterocycles. The van der Waals surface area contributed by atoms with Gasteiger partial charge in [0.25, 0.3) is 0 Å². The Balaban J connectivity index is 1.90. The Morgan fingerprint density at radius 3 is 2.85 bits per heavy atom. The first kappa shape index (κ1) is 14.6. The van der Waals surface area contributed by atoms with E-state index in [4.69, 9.17) is 28.6 Å². The smallest absolute Gasteiger partial charge is 0.171 e. The number of ether oxygens (including phenoxy) is 1. The molecule has 0 spiro atoms. The predicted octanol–water partition coefficient (Wildman–Crippen LogP) is 3.23. The summed E-state index contributed by atoms with van der Waals surface area (Å²) in [6, 6.07) is 11.1. The highest BCUT2D eigenvalue weighted by atomic mass is 35.5. The fourth-order valence-corrected chi connectivity index (χ4v) is 2.04. The first-order valence-electron chi connectivity index (χ1n) is 5.97. The van der Waals surface area contributed by atoms with E-state index in [2.05, 4.69) is 15.6 Å². The first-order valence-corrected chi connectivity index (χ1v) is 6.76. The third kappa shape index (κ3) is 4.08. The molecule has 0 unspecified atom stereocenters. The van der Waals surface area contributed by atoms with E-state index in [-0.39, 0.29) is 0 Å². The van der Waals surface area contributed by atoms with E-state index in [1.807, 2.05) is 24.3 Å². The van der Waals surface area contributed by atoms with Crippen LogP contribution in [0.5, 0.6) is 5.75 Å². The standard InChI is InChI=1S/C14H14ClN3OS/c1-19-13-6-5-10(8-12(13)15)18-14(20)17-9-11-4-2-3-7-16-11/h2-8H,9H2,1H3,(H2,17,18,20). The molecule has 0 radical (unpaired) electrons. The van der Waals surface area contributed by atoms with Gasteiger partial charge in [-0.05, 0) is 42.5 Å². The highest BCUT2D eigenvalue weighted by Crippen LogP contribution is 2.27. The zero-order valence-electron chi connectivity index (χ0n) is 10.9. The molecule has 0 aliphatic rings. The maximum absolute atomic E-state index is 6.05.